The fourth-order valence-corrected chi connectivity index (χ4v) is 3.86. The van der Waals surface area contributed by atoms with Crippen LogP contribution in [0.4, 0.5) is 0 Å². The molecule has 20 heavy (non-hydrogen) atoms. The topological polar surface area (TPSA) is 46.9 Å². The van der Waals surface area contributed by atoms with Gasteiger partial charge in [0.2, 0.25) is 5.91 Å². The average Bonchev–Trinajstić information content (AvgIpc) is 3.01. The van der Waals surface area contributed by atoms with Gasteiger partial charge in [-0.3, -0.25) is 4.79 Å². The summed E-state index contributed by atoms with van der Waals surface area (Å²) in [6.45, 7) is 2.67. The van der Waals surface area contributed by atoms with E-state index in [0.717, 1.165) is 24.0 Å². The third-order valence-electron chi connectivity index (χ3n) is 3.88. The van der Waals surface area contributed by atoms with Crippen molar-refractivity contribution in [3.8, 4) is 0 Å². The predicted octanol–water partition coefficient (Wildman–Crippen LogP) is 3.02. The van der Waals surface area contributed by atoms with Crippen molar-refractivity contribution < 1.29 is 4.79 Å². The Hall–Kier alpha value is -0.970. The molecule has 112 valence electrons. The molecule has 1 aromatic rings. The van der Waals surface area contributed by atoms with Crippen LogP contribution in [0.1, 0.15) is 51.5 Å². The van der Waals surface area contributed by atoms with E-state index in [1.54, 1.807) is 12.5 Å². The SMILES string of the molecule is CC(C(=O)NCCCSC1CCCCC1)n1ccnc1. The first kappa shape index (κ1) is 15.4. The van der Waals surface area contributed by atoms with E-state index in [9.17, 15) is 4.79 Å². The molecular weight excluding hydrogens is 270 g/mol. The molecule has 1 aliphatic rings. The van der Waals surface area contributed by atoms with Crippen LogP contribution in [-0.2, 0) is 4.79 Å². The van der Waals surface area contributed by atoms with E-state index in [1.807, 2.05) is 17.7 Å². The van der Waals surface area contributed by atoms with Crippen molar-refractivity contribution in [2.75, 3.05) is 12.3 Å². The van der Waals surface area contributed by atoms with Crippen LogP contribution in [0, 0.1) is 0 Å². The third-order valence-corrected chi connectivity index (χ3v) is 5.34. The second-order valence-electron chi connectivity index (χ2n) is 5.46. The number of hydrogen-bond donors (Lipinski definition) is 1. The maximum atomic E-state index is 11.9. The standard InChI is InChI=1S/C15H25N3OS/c1-13(18-10-9-16-12-18)15(19)17-8-5-11-20-14-6-3-2-4-7-14/h9-10,12-14H,2-8,11H2,1H3,(H,17,19). The molecule has 0 bridgehead atoms. The molecule has 1 fully saturated rings. The molecule has 0 saturated heterocycles. The van der Waals surface area contributed by atoms with Crippen molar-refractivity contribution in [2.24, 2.45) is 0 Å². The normalized spacial score (nSPS) is 17.9. The van der Waals surface area contributed by atoms with Crippen molar-refractivity contribution in [3.05, 3.63) is 18.7 Å². The number of carbonyl (C=O) groups excluding carboxylic acids is 1. The predicted molar refractivity (Wildman–Crippen MR) is 83.9 cm³/mol. The maximum Gasteiger partial charge on any atom is 0.242 e. The first-order chi connectivity index (χ1) is 9.77. The second-order valence-corrected chi connectivity index (χ2v) is 6.87. The monoisotopic (exact) mass is 295 g/mol. The van der Waals surface area contributed by atoms with Gasteiger partial charge < -0.3 is 9.88 Å². The summed E-state index contributed by atoms with van der Waals surface area (Å²) < 4.78 is 1.83. The van der Waals surface area contributed by atoms with Crippen LogP contribution in [0.25, 0.3) is 0 Å². The Morgan fingerprint density at radius 1 is 1.45 bits per heavy atom. The van der Waals surface area contributed by atoms with E-state index in [2.05, 4.69) is 22.1 Å². The number of amides is 1. The number of nitrogens with one attached hydrogen (secondary N) is 1. The Morgan fingerprint density at radius 2 is 2.25 bits per heavy atom. The molecule has 1 N–H and O–H groups in total. The van der Waals surface area contributed by atoms with Gasteiger partial charge in [-0.05, 0) is 31.9 Å². The Bertz CT molecular complexity index is 388. The number of rotatable bonds is 7. The lowest BCUT2D eigenvalue weighted by molar-refractivity contribution is -0.123. The molecule has 1 amide bonds. The number of thioether (sulfide) groups is 1. The lowest BCUT2D eigenvalue weighted by Gasteiger charge is -2.21. The summed E-state index contributed by atoms with van der Waals surface area (Å²) in [5.41, 5.74) is 0. The third kappa shape index (κ3) is 4.85. The van der Waals surface area contributed by atoms with Crippen LogP contribution in [-0.4, -0.2) is 33.0 Å². The highest BCUT2D eigenvalue weighted by Crippen LogP contribution is 2.28. The van der Waals surface area contributed by atoms with Crippen LogP contribution in [0.2, 0.25) is 0 Å². The number of imidazole rings is 1. The first-order valence-corrected chi connectivity index (χ1v) is 8.69. The molecule has 1 aromatic heterocycles. The number of nitrogens with zero attached hydrogens (tertiary/aromatic N) is 2. The summed E-state index contributed by atoms with van der Waals surface area (Å²) in [6, 6.07) is -0.177. The van der Waals surface area contributed by atoms with Crippen molar-refractivity contribution in [1.82, 2.24) is 14.9 Å². The lowest BCUT2D eigenvalue weighted by Crippen LogP contribution is -2.31. The van der Waals surface area contributed by atoms with Crippen LogP contribution < -0.4 is 5.32 Å². The molecule has 1 aliphatic carbocycles. The summed E-state index contributed by atoms with van der Waals surface area (Å²) in [5, 5.41) is 3.87. The fourth-order valence-electron chi connectivity index (χ4n) is 2.55. The smallest absolute Gasteiger partial charge is 0.242 e. The summed E-state index contributed by atoms with van der Waals surface area (Å²) in [6.07, 6.45) is 13.2. The molecule has 2 rings (SSSR count). The molecule has 0 aliphatic heterocycles. The number of carbonyl (C=O) groups is 1. The molecule has 1 saturated carbocycles. The van der Waals surface area contributed by atoms with Crippen LogP contribution in [0.15, 0.2) is 18.7 Å². The van der Waals surface area contributed by atoms with Crippen molar-refractivity contribution in [1.29, 1.82) is 0 Å². The minimum atomic E-state index is -0.177. The minimum Gasteiger partial charge on any atom is -0.354 e. The Labute approximate surface area is 125 Å². The quantitative estimate of drug-likeness (QED) is 0.787. The minimum absolute atomic E-state index is 0.0747. The van der Waals surface area contributed by atoms with Crippen LogP contribution >= 0.6 is 11.8 Å². The summed E-state index contributed by atoms with van der Waals surface area (Å²) in [4.78, 5) is 15.9. The molecule has 1 unspecified atom stereocenters. The Kier molecular flexibility index (Phi) is 6.43. The van der Waals surface area contributed by atoms with Crippen LogP contribution in [0.3, 0.4) is 0 Å². The summed E-state index contributed by atoms with van der Waals surface area (Å²) >= 11 is 2.09. The Balaban J connectivity index is 1.55. The van der Waals surface area contributed by atoms with E-state index in [0.29, 0.717) is 0 Å². The van der Waals surface area contributed by atoms with Gasteiger partial charge in [0, 0.05) is 24.2 Å². The first-order valence-electron chi connectivity index (χ1n) is 7.64. The van der Waals surface area contributed by atoms with Crippen molar-refractivity contribution in [3.63, 3.8) is 0 Å². The van der Waals surface area contributed by atoms with E-state index in [1.165, 1.54) is 32.1 Å². The van der Waals surface area contributed by atoms with Crippen molar-refractivity contribution in [2.45, 2.75) is 56.7 Å². The maximum absolute atomic E-state index is 11.9. The second kappa shape index (κ2) is 8.35. The average molecular weight is 295 g/mol. The summed E-state index contributed by atoms with van der Waals surface area (Å²) in [5.74, 6) is 1.23. The zero-order valence-electron chi connectivity index (χ0n) is 12.3. The lowest BCUT2D eigenvalue weighted by atomic mass is 10.0. The fraction of sp³-hybridized carbons (Fsp3) is 0.733. The number of aromatic nitrogens is 2. The molecule has 0 radical (unpaired) electrons. The van der Waals surface area contributed by atoms with Gasteiger partial charge in [0.25, 0.3) is 0 Å². The molecule has 4 nitrogen and oxygen atoms in total. The van der Waals surface area contributed by atoms with Gasteiger partial charge in [-0.15, -0.1) is 0 Å². The van der Waals surface area contributed by atoms with E-state index >= 15 is 0 Å². The molecule has 5 heteroatoms. The van der Waals surface area contributed by atoms with Gasteiger partial charge in [0.1, 0.15) is 6.04 Å². The van der Waals surface area contributed by atoms with Gasteiger partial charge in [0.05, 0.1) is 6.33 Å². The highest BCUT2D eigenvalue weighted by Gasteiger charge is 2.14. The van der Waals surface area contributed by atoms with E-state index in [4.69, 9.17) is 0 Å². The molecular formula is C15H25N3OS. The zero-order valence-corrected chi connectivity index (χ0v) is 13.1. The molecule has 1 atom stereocenters. The van der Waals surface area contributed by atoms with Gasteiger partial charge in [-0.1, -0.05) is 19.3 Å². The Morgan fingerprint density at radius 3 is 2.95 bits per heavy atom. The highest BCUT2D eigenvalue weighted by molar-refractivity contribution is 7.99. The molecule has 1 heterocycles. The summed E-state index contributed by atoms with van der Waals surface area (Å²) in [7, 11) is 0. The van der Waals surface area contributed by atoms with Crippen LogP contribution in [0.5, 0.6) is 0 Å². The molecule has 0 spiro atoms. The zero-order chi connectivity index (χ0) is 14.2. The number of hydrogen-bond acceptors (Lipinski definition) is 3. The van der Waals surface area contributed by atoms with E-state index < -0.39 is 0 Å². The van der Waals surface area contributed by atoms with E-state index in [-0.39, 0.29) is 11.9 Å². The van der Waals surface area contributed by atoms with Gasteiger partial charge in [-0.2, -0.15) is 11.8 Å². The van der Waals surface area contributed by atoms with Gasteiger partial charge >= 0.3 is 0 Å². The highest BCUT2D eigenvalue weighted by atomic mass is 32.2. The van der Waals surface area contributed by atoms with Gasteiger partial charge in [-0.25, -0.2) is 4.98 Å². The van der Waals surface area contributed by atoms with Crippen molar-refractivity contribution >= 4 is 17.7 Å². The largest absolute Gasteiger partial charge is 0.354 e. The molecule has 0 aromatic carbocycles. The van der Waals surface area contributed by atoms with Gasteiger partial charge in [0.15, 0.2) is 0 Å².